The third kappa shape index (κ3) is 9.96. The Morgan fingerprint density at radius 2 is 0.957 bits per heavy atom. The van der Waals surface area contributed by atoms with Crippen LogP contribution in [0.2, 0.25) is 0 Å². The monoisotopic (exact) mass is 367 g/mol. The van der Waals surface area contributed by atoms with Gasteiger partial charge in [-0.1, -0.05) is 63.1 Å². The van der Waals surface area contributed by atoms with Crippen molar-refractivity contribution in [2.24, 2.45) is 0 Å². The molecular weight excluding hydrogens is 339 g/mol. The average Bonchev–Trinajstić information content (AvgIpc) is 2.45. The van der Waals surface area contributed by atoms with Crippen molar-refractivity contribution in [3.8, 4) is 11.5 Å². The molecule has 0 amide bonds. The number of phenols is 2. The SMILES string of the molecule is CCCc1ccccc1O.CCCc1ccccc1O.O.O.[Co]. The summed E-state index contributed by atoms with van der Waals surface area (Å²) in [6, 6.07) is 15.0. The van der Waals surface area contributed by atoms with E-state index < -0.39 is 0 Å². The van der Waals surface area contributed by atoms with Gasteiger partial charge in [0.1, 0.15) is 11.5 Å². The summed E-state index contributed by atoms with van der Waals surface area (Å²) >= 11 is 0. The van der Waals surface area contributed by atoms with Gasteiger partial charge in [-0.3, -0.25) is 0 Å². The van der Waals surface area contributed by atoms with Crippen LogP contribution in [0.15, 0.2) is 48.5 Å². The van der Waals surface area contributed by atoms with Crippen molar-refractivity contribution in [2.75, 3.05) is 0 Å². The zero-order chi connectivity index (χ0) is 14.8. The van der Waals surface area contributed by atoms with Gasteiger partial charge in [0.25, 0.3) is 0 Å². The second-order valence-corrected chi connectivity index (χ2v) is 4.76. The maximum absolute atomic E-state index is 9.24. The van der Waals surface area contributed by atoms with Gasteiger partial charge in [0, 0.05) is 16.8 Å². The van der Waals surface area contributed by atoms with E-state index in [1.54, 1.807) is 12.1 Å². The van der Waals surface area contributed by atoms with E-state index in [2.05, 4.69) is 13.8 Å². The maximum atomic E-state index is 9.24. The molecule has 23 heavy (non-hydrogen) atoms. The van der Waals surface area contributed by atoms with E-state index in [1.165, 1.54) is 0 Å². The van der Waals surface area contributed by atoms with Crippen LogP contribution in [-0.4, -0.2) is 21.2 Å². The molecule has 0 spiro atoms. The molecule has 0 fully saturated rings. The van der Waals surface area contributed by atoms with E-state index in [9.17, 15) is 10.2 Å². The summed E-state index contributed by atoms with van der Waals surface area (Å²) in [4.78, 5) is 0. The van der Waals surface area contributed by atoms with E-state index in [1.807, 2.05) is 36.4 Å². The number of aromatic hydroxyl groups is 2. The molecule has 133 valence electrons. The second-order valence-electron chi connectivity index (χ2n) is 4.76. The van der Waals surface area contributed by atoms with Crippen molar-refractivity contribution in [1.82, 2.24) is 0 Å². The largest absolute Gasteiger partial charge is 0.508 e. The summed E-state index contributed by atoms with van der Waals surface area (Å²) in [5.41, 5.74) is 2.09. The standard InChI is InChI=1S/2C9H12O.Co.2H2O/c2*1-2-5-8-6-3-4-7-9(8)10;;;/h2*3-4,6-7,10H,2,5H2,1H3;;2*1H2. The number of rotatable bonds is 4. The predicted octanol–water partition coefficient (Wildman–Crippen LogP) is 3.04. The molecule has 0 aliphatic rings. The summed E-state index contributed by atoms with van der Waals surface area (Å²) in [6.07, 6.45) is 4.09. The Labute approximate surface area is 149 Å². The molecule has 0 bridgehead atoms. The van der Waals surface area contributed by atoms with Crippen LogP contribution in [0, 0.1) is 0 Å². The molecule has 5 heteroatoms. The topological polar surface area (TPSA) is 103 Å². The van der Waals surface area contributed by atoms with Gasteiger partial charge in [-0.05, 0) is 36.1 Å². The first kappa shape index (κ1) is 26.4. The summed E-state index contributed by atoms with van der Waals surface area (Å²) in [6.45, 7) is 4.21. The molecule has 0 saturated heterocycles. The molecule has 0 saturated carbocycles. The summed E-state index contributed by atoms with van der Waals surface area (Å²) in [5.74, 6) is 0.841. The molecule has 0 aliphatic carbocycles. The molecule has 0 heterocycles. The van der Waals surface area contributed by atoms with Crippen molar-refractivity contribution in [3.63, 3.8) is 0 Å². The van der Waals surface area contributed by atoms with Crippen molar-refractivity contribution in [2.45, 2.75) is 39.5 Å². The fourth-order valence-electron chi connectivity index (χ4n) is 1.98. The van der Waals surface area contributed by atoms with Gasteiger partial charge in [0.15, 0.2) is 0 Å². The van der Waals surface area contributed by atoms with Crippen molar-refractivity contribution in [1.29, 1.82) is 0 Å². The molecule has 4 nitrogen and oxygen atoms in total. The molecule has 0 aromatic heterocycles. The third-order valence-corrected chi connectivity index (χ3v) is 3.02. The molecule has 1 radical (unpaired) electrons. The Bertz CT molecular complexity index is 470. The molecule has 6 N–H and O–H groups in total. The van der Waals surface area contributed by atoms with Crippen LogP contribution in [0.25, 0.3) is 0 Å². The Morgan fingerprint density at radius 3 is 1.22 bits per heavy atom. The molecule has 0 unspecified atom stereocenters. The number of hydrogen-bond donors (Lipinski definition) is 2. The number of phenolic OH excluding ortho intramolecular Hbond substituents is 2. The normalized spacial score (nSPS) is 8.43. The molecule has 2 aromatic rings. The molecule has 2 rings (SSSR count). The molecule has 2 aromatic carbocycles. The first-order chi connectivity index (χ1) is 9.69. The summed E-state index contributed by atoms with van der Waals surface area (Å²) in [7, 11) is 0. The zero-order valence-electron chi connectivity index (χ0n) is 13.7. The van der Waals surface area contributed by atoms with Crippen molar-refractivity contribution >= 4 is 0 Å². The smallest absolute Gasteiger partial charge is 0.118 e. The van der Waals surface area contributed by atoms with Crippen molar-refractivity contribution < 1.29 is 37.9 Å². The van der Waals surface area contributed by atoms with Crippen LogP contribution < -0.4 is 0 Å². The Morgan fingerprint density at radius 1 is 0.652 bits per heavy atom. The van der Waals surface area contributed by atoms with Gasteiger partial charge in [-0.2, -0.15) is 0 Å². The Hall–Kier alpha value is -1.53. The van der Waals surface area contributed by atoms with Crippen LogP contribution in [0.4, 0.5) is 0 Å². The number of para-hydroxylation sites is 2. The van der Waals surface area contributed by atoms with Gasteiger partial charge >= 0.3 is 0 Å². The predicted molar refractivity (Wildman–Crippen MR) is 91.4 cm³/mol. The maximum Gasteiger partial charge on any atom is 0.118 e. The van der Waals surface area contributed by atoms with Gasteiger partial charge in [0.05, 0.1) is 0 Å². The van der Waals surface area contributed by atoms with E-state index in [4.69, 9.17) is 0 Å². The minimum absolute atomic E-state index is 0. The zero-order valence-corrected chi connectivity index (χ0v) is 14.7. The van der Waals surface area contributed by atoms with Crippen LogP contribution in [0.5, 0.6) is 11.5 Å². The fraction of sp³-hybridized carbons (Fsp3) is 0.333. The second kappa shape index (κ2) is 15.4. The van der Waals surface area contributed by atoms with Crippen molar-refractivity contribution in [3.05, 3.63) is 59.7 Å². The Balaban J connectivity index is -0.000000308. The van der Waals surface area contributed by atoms with E-state index >= 15 is 0 Å². The summed E-state index contributed by atoms with van der Waals surface area (Å²) < 4.78 is 0. The first-order valence-electron chi connectivity index (χ1n) is 7.22. The Kier molecular flexibility index (Phi) is 17.6. The van der Waals surface area contributed by atoms with Gasteiger partial charge < -0.3 is 21.2 Å². The van der Waals surface area contributed by atoms with E-state index in [0.29, 0.717) is 11.5 Å². The number of benzene rings is 2. The van der Waals surface area contributed by atoms with E-state index in [0.717, 1.165) is 36.8 Å². The average molecular weight is 367 g/mol. The first-order valence-corrected chi connectivity index (χ1v) is 7.22. The van der Waals surface area contributed by atoms with Gasteiger partial charge in [-0.15, -0.1) is 0 Å². The van der Waals surface area contributed by atoms with Crippen LogP contribution in [0.3, 0.4) is 0 Å². The molecule has 0 atom stereocenters. The molecular formula is C18H28CoO4. The fourth-order valence-corrected chi connectivity index (χ4v) is 1.98. The number of hydrogen-bond acceptors (Lipinski definition) is 2. The quantitative estimate of drug-likeness (QED) is 0.867. The van der Waals surface area contributed by atoms with Gasteiger partial charge in [-0.25, -0.2) is 0 Å². The van der Waals surface area contributed by atoms with Gasteiger partial charge in [0.2, 0.25) is 0 Å². The minimum Gasteiger partial charge on any atom is -0.508 e. The van der Waals surface area contributed by atoms with Crippen LogP contribution >= 0.6 is 0 Å². The number of aryl methyl sites for hydroxylation is 2. The third-order valence-electron chi connectivity index (χ3n) is 3.02. The minimum atomic E-state index is 0. The van der Waals surface area contributed by atoms with Crippen LogP contribution in [-0.2, 0) is 29.6 Å². The van der Waals surface area contributed by atoms with E-state index in [-0.39, 0.29) is 27.7 Å². The summed E-state index contributed by atoms with van der Waals surface area (Å²) in [5, 5.41) is 18.5. The van der Waals surface area contributed by atoms with Crippen LogP contribution in [0.1, 0.15) is 37.8 Å². The molecule has 0 aliphatic heterocycles.